The molecule has 2 saturated heterocycles. The molecule has 0 unspecified atom stereocenters. The molecule has 26 heavy (non-hydrogen) atoms. The van der Waals surface area contributed by atoms with Gasteiger partial charge in [-0.05, 0) is 50.8 Å². The van der Waals surface area contributed by atoms with Gasteiger partial charge in [-0.3, -0.25) is 4.79 Å². The number of hydrogen-bond acceptors (Lipinski definition) is 3. The number of ether oxygens (including phenoxy) is 1. The lowest BCUT2D eigenvalue weighted by Gasteiger charge is -2.34. The molecule has 0 aliphatic carbocycles. The van der Waals surface area contributed by atoms with E-state index in [2.05, 4.69) is 5.32 Å². The summed E-state index contributed by atoms with van der Waals surface area (Å²) in [6.07, 6.45) is 3.87. The van der Waals surface area contributed by atoms with E-state index in [9.17, 15) is 9.59 Å². The van der Waals surface area contributed by atoms with Crippen LogP contribution in [0.4, 0.5) is 10.5 Å². The fourth-order valence-corrected chi connectivity index (χ4v) is 3.85. The van der Waals surface area contributed by atoms with Crippen LogP contribution in [0.3, 0.4) is 0 Å². The van der Waals surface area contributed by atoms with Gasteiger partial charge in [-0.15, -0.1) is 0 Å². The maximum Gasteiger partial charge on any atom is 0.321 e. The van der Waals surface area contributed by atoms with Crippen LogP contribution in [0.2, 0.25) is 5.02 Å². The van der Waals surface area contributed by atoms with Crippen LogP contribution in [0.1, 0.15) is 32.6 Å². The highest BCUT2D eigenvalue weighted by atomic mass is 35.5. The fraction of sp³-hybridized carbons (Fsp3) is 0.579. The van der Waals surface area contributed by atoms with Gasteiger partial charge in [-0.25, -0.2) is 4.79 Å². The molecule has 0 aromatic heterocycles. The smallest absolute Gasteiger partial charge is 0.321 e. The summed E-state index contributed by atoms with van der Waals surface area (Å²) in [5.41, 5.74) is 0.622. The van der Waals surface area contributed by atoms with Gasteiger partial charge < -0.3 is 19.9 Å². The van der Waals surface area contributed by atoms with Crippen molar-refractivity contribution in [1.29, 1.82) is 0 Å². The molecule has 1 atom stereocenters. The van der Waals surface area contributed by atoms with E-state index in [1.165, 1.54) is 0 Å². The van der Waals surface area contributed by atoms with E-state index in [1.807, 2.05) is 11.8 Å². The summed E-state index contributed by atoms with van der Waals surface area (Å²) in [7, 11) is 0. The second kappa shape index (κ2) is 8.62. The predicted molar refractivity (Wildman–Crippen MR) is 102 cm³/mol. The Hall–Kier alpha value is -1.95. The van der Waals surface area contributed by atoms with Crippen molar-refractivity contribution in [2.75, 3.05) is 38.1 Å². The normalized spacial score (nSPS) is 20.2. The highest BCUT2D eigenvalue weighted by Crippen LogP contribution is 2.28. The molecule has 7 heteroatoms. The lowest BCUT2D eigenvalue weighted by Crippen LogP contribution is -2.47. The first-order chi connectivity index (χ1) is 12.6. The van der Waals surface area contributed by atoms with Crippen molar-refractivity contribution >= 4 is 29.2 Å². The molecular formula is C19H26ClN3O3. The molecule has 2 heterocycles. The van der Waals surface area contributed by atoms with Gasteiger partial charge >= 0.3 is 6.03 Å². The first kappa shape index (κ1) is 18.8. The number of piperidine rings is 1. The maximum absolute atomic E-state index is 12.6. The number of nitrogens with one attached hydrogen (secondary N) is 1. The second-order valence-electron chi connectivity index (χ2n) is 6.83. The van der Waals surface area contributed by atoms with Crippen molar-refractivity contribution in [2.45, 2.75) is 32.6 Å². The lowest BCUT2D eigenvalue weighted by molar-refractivity contribution is -0.135. The average Bonchev–Trinajstić information content (AvgIpc) is 3.18. The highest BCUT2D eigenvalue weighted by molar-refractivity contribution is 6.32. The van der Waals surface area contributed by atoms with Crippen molar-refractivity contribution in [1.82, 2.24) is 9.80 Å². The van der Waals surface area contributed by atoms with E-state index in [4.69, 9.17) is 16.3 Å². The van der Waals surface area contributed by atoms with Gasteiger partial charge in [0, 0.05) is 31.9 Å². The summed E-state index contributed by atoms with van der Waals surface area (Å²) < 4.78 is 5.40. The molecule has 0 saturated carbocycles. The van der Waals surface area contributed by atoms with Crippen molar-refractivity contribution in [2.24, 2.45) is 5.92 Å². The summed E-state index contributed by atoms with van der Waals surface area (Å²) in [5.74, 6) is 0.710. The maximum atomic E-state index is 12.6. The first-order valence-corrected chi connectivity index (χ1v) is 9.73. The quantitative estimate of drug-likeness (QED) is 0.869. The number of nitrogens with zero attached hydrogens (tertiary/aromatic N) is 2. The van der Waals surface area contributed by atoms with Crippen LogP contribution in [-0.2, 0) is 4.79 Å². The minimum Gasteiger partial charge on any atom is -0.492 e. The van der Waals surface area contributed by atoms with E-state index in [-0.39, 0.29) is 17.9 Å². The third kappa shape index (κ3) is 4.41. The Morgan fingerprint density at radius 3 is 2.62 bits per heavy atom. The van der Waals surface area contributed by atoms with E-state index in [1.54, 1.807) is 23.1 Å². The van der Waals surface area contributed by atoms with Crippen molar-refractivity contribution in [3.8, 4) is 5.75 Å². The van der Waals surface area contributed by atoms with Gasteiger partial charge in [0.15, 0.2) is 0 Å². The van der Waals surface area contributed by atoms with Crippen molar-refractivity contribution < 1.29 is 14.3 Å². The Morgan fingerprint density at radius 1 is 1.19 bits per heavy atom. The van der Waals surface area contributed by atoms with E-state index >= 15 is 0 Å². The monoisotopic (exact) mass is 379 g/mol. The molecule has 2 aliphatic rings. The largest absolute Gasteiger partial charge is 0.492 e. The van der Waals surface area contributed by atoms with Gasteiger partial charge in [-0.2, -0.15) is 0 Å². The van der Waals surface area contributed by atoms with E-state index < -0.39 is 0 Å². The molecule has 0 bridgehead atoms. The molecule has 0 spiro atoms. The van der Waals surface area contributed by atoms with Crippen LogP contribution in [0.25, 0.3) is 0 Å². The van der Waals surface area contributed by atoms with Crippen LogP contribution in [0.5, 0.6) is 5.75 Å². The Balaban J connectivity index is 1.58. The Kier molecular flexibility index (Phi) is 6.25. The van der Waals surface area contributed by atoms with Gasteiger partial charge in [0.1, 0.15) is 5.75 Å². The molecule has 6 nitrogen and oxygen atoms in total. The van der Waals surface area contributed by atoms with Crippen LogP contribution in [0.15, 0.2) is 18.2 Å². The topological polar surface area (TPSA) is 61.9 Å². The summed E-state index contributed by atoms with van der Waals surface area (Å²) in [6.45, 7) is 5.28. The molecule has 3 amide bonds. The predicted octanol–water partition coefficient (Wildman–Crippen LogP) is 3.61. The third-order valence-corrected chi connectivity index (χ3v) is 5.25. The molecule has 1 aromatic rings. The SMILES string of the molecule is CCOc1ccc(NC(=O)N2CCC[C@@H](C(=O)N3CCCC3)C2)cc1Cl. The average molecular weight is 380 g/mol. The van der Waals surface area contributed by atoms with E-state index in [0.717, 1.165) is 38.8 Å². The number of urea groups is 1. The number of carbonyl (C=O) groups is 2. The molecule has 3 rings (SSSR count). The van der Waals surface area contributed by atoms with Gasteiger partial charge in [0.05, 0.1) is 17.5 Å². The summed E-state index contributed by atoms with van der Waals surface area (Å²) >= 11 is 6.17. The van der Waals surface area contributed by atoms with E-state index in [0.29, 0.717) is 36.2 Å². The van der Waals surface area contributed by atoms with Crippen LogP contribution < -0.4 is 10.1 Å². The Bertz CT molecular complexity index is 661. The molecule has 2 aliphatic heterocycles. The summed E-state index contributed by atoms with van der Waals surface area (Å²) in [5, 5.41) is 3.34. The number of rotatable bonds is 4. The molecule has 1 N–H and O–H groups in total. The molecule has 0 radical (unpaired) electrons. The number of carbonyl (C=O) groups excluding carboxylic acids is 2. The zero-order valence-electron chi connectivity index (χ0n) is 15.2. The molecule has 1 aromatic carbocycles. The van der Waals surface area contributed by atoms with Crippen LogP contribution in [0, 0.1) is 5.92 Å². The van der Waals surface area contributed by atoms with Gasteiger partial charge in [0.2, 0.25) is 5.91 Å². The number of benzene rings is 1. The molecular weight excluding hydrogens is 354 g/mol. The van der Waals surface area contributed by atoms with Crippen molar-refractivity contribution in [3.63, 3.8) is 0 Å². The van der Waals surface area contributed by atoms with Crippen LogP contribution >= 0.6 is 11.6 Å². The number of hydrogen-bond donors (Lipinski definition) is 1. The third-order valence-electron chi connectivity index (χ3n) is 4.96. The number of amides is 3. The lowest BCUT2D eigenvalue weighted by atomic mass is 9.97. The first-order valence-electron chi connectivity index (χ1n) is 9.35. The Morgan fingerprint density at radius 2 is 1.92 bits per heavy atom. The number of halogens is 1. The fourth-order valence-electron chi connectivity index (χ4n) is 3.61. The second-order valence-corrected chi connectivity index (χ2v) is 7.23. The van der Waals surface area contributed by atoms with Crippen molar-refractivity contribution in [3.05, 3.63) is 23.2 Å². The van der Waals surface area contributed by atoms with Gasteiger partial charge in [0.25, 0.3) is 0 Å². The minimum absolute atomic E-state index is 0.0866. The summed E-state index contributed by atoms with van der Waals surface area (Å²) in [4.78, 5) is 28.9. The highest BCUT2D eigenvalue weighted by Gasteiger charge is 2.32. The molecule has 142 valence electrons. The standard InChI is InChI=1S/C19H26ClN3O3/c1-2-26-17-8-7-15(12-16(17)20)21-19(25)23-11-5-6-14(13-23)18(24)22-9-3-4-10-22/h7-8,12,14H,2-6,9-11,13H2,1H3,(H,21,25)/t14-/m1/s1. The zero-order chi connectivity index (χ0) is 18.5. The molecule has 2 fully saturated rings. The zero-order valence-corrected chi connectivity index (χ0v) is 15.9. The van der Waals surface area contributed by atoms with Gasteiger partial charge in [-0.1, -0.05) is 11.6 Å². The number of likely N-dealkylation sites (tertiary alicyclic amines) is 2. The minimum atomic E-state index is -0.191. The summed E-state index contributed by atoms with van der Waals surface area (Å²) in [6, 6.07) is 5.01. The number of anilines is 1. The van der Waals surface area contributed by atoms with Crippen LogP contribution in [-0.4, -0.2) is 54.5 Å². The Labute approximate surface area is 159 Å².